The molecule has 2 aromatic heterocycles. The van der Waals surface area contributed by atoms with Gasteiger partial charge in [-0.25, -0.2) is 9.80 Å². The minimum atomic E-state index is -0.562. The van der Waals surface area contributed by atoms with E-state index >= 15 is 0 Å². The number of benzene rings is 1. The summed E-state index contributed by atoms with van der Waals surface area (Å²) in [5.74, 6) is -0.252. The van der Waals surface area contributed by atoms with E-state index in [2.05, 4.69) is 5.10 Å². The summed E-state index contributed by atoms with van der Waals surface area (Å²) in [4.78, 5) is 27.6. The van der Waals surface area contributed by atoms with Gasteiger partial charge in [-0.2, -0.15) is 5.10 Å². The van der Waals surface area contributed by atoms with Crippen LogP contribution in [-0.2, 0) is 14.3 Å². The second-order valence-electron chi connectivity index (χ2n) is 8.04. The highest BCUT2D eigenvalue weighted by Crippen LogP contribution is 2.36. The van der Waals surface area contributed by atoms with Gasteiger partial charge in [-0.15, -0.1) is 22.7 Å². The first-order chi connectivity index (χ1) is 16.7. The van der Waals surface area contributed by atoms with Gasteiger partial charge in [-0.3, -0.25) is 4.79 Å². The molecule has 5 rings (SSSR count). The maximum absolute atomic E-state index is 13.0. The van der Waals surface area contributed by atoms with Crippen LogP contribution in [0, 0.1) is 0 Å². The van der Waals surface area contributed by atoms with Crippen LogP contribution in [0.4, 0.5) is 0 Å². The maximum Gasteiger partial charge on any atom is 0.338 e. The Morgan fingerprint density at radius 2 is 1.91 bits per heavy atom. The topological polar surface area (TPSA) is 77.4 Å². The second kappa shape index (κ2) is 10.5. The van der Waals surface area contributed by atoms with E-state index in [1.165, 1.54) is 5.01 Å². The number of thiophene rings is 2. The van der Waals surface area contributed by atoms with E-state index in [1.807, 2.05) is 35.0 Å². The molecule has 2 aliphatic rings. The van der Waals surface area contributed by atoms with Gasteiger partial charge in [0.2, 0.25) is 0 Å². The van der Waals surface area contributed by atoms with Gasteiger partial charge >= 0.3 is 5.97 Å². The van der Waals surface area contributed by atoms with Gasteiger partial charge < -0.3 is 14.2 Å². The molecule has 3 aromatic rings. The number of hydrogen-bond donors (Lipinski definition) is 0. The highest BCUT2D eigenvalue weighted by Gasteiger charge is 2.34. The fourth-order valence-electron chi connectivity index (χ4n) is 3.96. The molecule has 4 heterocycles. The lowest BCUT2D eigenvalue weighted by Crippen LogP contribution is -2.31. The van der Waals surface area contributed by atoms with Crippen LogP contribution in [0.2, 0.25) is 0 Å². The van der Waals surface area contributed by atoms with Crippen LogP contribution in [0.3, 0.4) is 0 Å². The SMILES string of the molecule is O=C(OCC(=O)N1N=C(c2cccs2)CC1c1cccs1)c1ccc(OCC2CCCO2)cc1. The largest absolute Gasteiger partial charge is 0.491 e. The molecule has 0 saturated carbocycles. The number of ether oxygens (including phenoxy) is 3. The summed E-state index contributed by atoms with van der Waals surface area (Å²) in [6.07, 6.45) is 2.82. The summed E-state index contributed by atoms with van der Waals surface area (Å²) < 4.78 is 16.6. The Balaban J connectivity index is 1.19. The number of rotatable bonds is 8. The van der Waals surface area contributed by atoms with Crippen LogP contribution < -0.4 is 4.74 Å². The zero-order chi connectivity index (χ0) is 23.3. The van der Waals surface area contributed by atoms with Crippen molar-refractivity contribution < 1.29 is 23.8 Å². The smallest absolute Gasteiger partial charge is 0.338 e. The summed E-state index contributed by atoms with van der Waals surface area (Å²) in [7, 11) is 0. The molecule has 9 heteroatoms. The van der Waals surface area contributed by atoms with Gasteiger partial charge in [-0.1, -0.05) is 12.1 Å². The van der Waals surface area contributed by atoms with Crippen LogP contribution in [-0.4, -0.2) is 48.5 Å². The van der Waals surface area contributed by atoms with Crippen molar-refractivity contribution in [1.82, 2.24) is 5.01 Å². The molecular formula is C25H24N2O5S2. The number of esters is 1. The van der Waals surface area contributed by atoms with E-state index in [-0.39, 0.29) is 24.7 Å². The number of carbonyl (C=O) groups excluding carboxylic acids is 2. The molecule has 0 spiro atoms. The first kappa shape index (κ1) is 22.8. The molecule has 1 fully saturated rings. The Labute approximate surface area is 205 Å². The lowest BCUT2D eigenvalue weighted by molar-refractivity contribution is -0.136. The molecule has 2 aliphatic heterocycles. The average molecular weight is 497 g/mol. The quantitative estimate of drug-likeness (QED) is 0.415. The molecular weight excluding hydrogens is 472 g/mol. The van der Waals surface area contributed by atoms with Crippen molar-refractivity contribution in [2.45, 2.75) is 31.4 Å². The third-order valence-electron chi connectivity index (χ3n) is 5.72. The third-order valence-corrected chi connectivity index (χ3v) is 7.61. The molecule has 176 valence electrons. The summed E-state index contributed by atoms with van der Waals surface area (Å²) in [5, 5.41) is 10.0. The normalized spacial score (nSPS) is 19.8. The fourth-order valence-corrected chi connectivity index (χ4v) is 5.50. The van der Waals surface area contributed by atoms with Gasteiger partial charge in [0.05, 0.1) is 28.3 Å². The van der Waals surface area contributed by atoms with Gasteiger partial charge in [0.25, 0.3) is 5.91 Å². The Bertz CT molecular complexity index is 1140. The molecule has 1 aromatic carbocycles. The van der Waals surface area contributed by atoms with Crippen molar-refractivity contribution in [3.8, 4) is 5.75 Å². The molecule has 0 N–H and O–H groups in total. The van der Waals surface area contributed by atoms with Gasteiger partial charge in [-0.05, 0) is 60.0 Å². The Kier molecular flexibility index (Phi) is 7.03. The first-order valence-corrected chi connectivity index (χ1v) is 12.9. The summed E-state index contributed by atoms with van der Waals surface area (Å²) in [5.41, 5.74) is 1.22. The Morgan fingerprint density at radius 1 is 1.09 bits per heavy atom. The van der Waals surface area contributed by atoms with Gasteiger partial charge in [0, 0.05) is 17.9 Å². The van der Waals surface area contributed by atoms with Crippen LogP contribution in [0.5, 0.6) is 5.75 Å². The molecule has 1 amide bonds. The average Bonchev–Trinajstić information content (AvgIpc) is 3.67. The summed E-state index contributed by atoms with van der Waals surface area (Å²) in [6.45, 7) is 0.899. The molecule has 7 nitrogen and oxygen atoms in total. The number of carbonyl (C=O) groups is 2. The van der Waals surface area contributed by atoms with Crippen molar-refractivity contribution in [1.29, 1.82) is 0 Å². The van der Waals surface area contributed by atoms with E-state index in [1.54, 1.807) is 46.9 Å². The molecule has 2 unspecified atom stereocenters. The standard InChI is InChI=1S/C25H24N2O5S2/c28-24(27-21(23-6-3-13-34-23)14-20(26-27)22-5-2-12-33-22)16-32-25(29)17-7-9-18(10-8-17)31-15-19-4-1-11-30-19/h2-3,5-10,12-13,19,21H,1,4,11,14-16H2. The van der Waals surface area contributed by atoms with Crippen molar-refractivity contribution in [3.05, 3.63) is 74.6 Å². The van der Waals surface area contributed by atoms with Crippen molar-refractivity contribution in [3.63, 3.8) is 0 Å². The first-order valence-electron chi connectivity index (χ1n) is 11.2. The van der Waals surface area contributed by atoms with Crippen molar-refractivity contribution >= 4 is 40.3 Å². The lowest BCUT2D eigenvalue weighted by Gasteiger charge is -2.20. The van der Waals surface area contributed by atoms with E-state index in [4.69, 9.17) is 14.2 Å². The van der Waals surface area contributed by atoms with Crippen LogP contribution in [0.15, 0.2) is 64.4 Å². The van der Waals surface area contributed by atoms with E-state index in [9.17, 15) is 9.59 Å². The zero-order valence-electron chi connectivity index (χ0n) is 18.4. The highest BCUT2D eigenvalue weighted by molar-refractivity contribution is 7.12. The Hall–Kier alpha value is -3.01. The van der Waals surface area contributed by atoms with Crippen molar-refractivity contribution in [2.24, 2.45) is 5.10 Å². The molecule has 34 heavy (non-hydrogen) atoms. The van der Waals surface area contributed by atoms with Gasteiger partial charge in [0.15, 0.2) is 6.61 Å². The molecule has 2 atom stereocenters. The van der Waals surface area contributed by atoms with Gasteiger partial charge in [0.1, 0.15) is 12.4 Å². The number of hydrazone groups is 1. The van der Waals surface area contributed by atoms with Crippen molar-refractivity contribution in [2.75, 3.05) is 19.8 Å². The zero-order valence-corrected chi connectivity index (χ0v) is 20.1. The molecule has 0 bridgehead atoms. The molecule has 1 saturated heterocycles. The fraction of sp³-hybridized carbons (Fsp3) is 0.320. The van der Waals surface area contributed by atoms with Crippen LogP contribution in [0.25, 0.3) is 0 Å². The summed E-state index contributed by atoms with van der Waals surface area (Å²) >= 11 is 3.18. The summed E-state index contributed by atoms with van der Waals surface area (Å²) in [6, 6.07) is 14.4. The second-order valence-corrected chi connectivity index (χ2v) is 9.97. The van der Waals surface area contributed by atoms with E-state index < -0.39 is 5.97 Å². The lowest BCUT2D eigenvalue weighted by atomic mass is 10.1. The number of amides is 1. The van der Waals surface area contributed by atoms with E-state index in [0.29, 0.717) is 24.3 Å². The third kappa shape index (κ3) is 5.22. The predicted octanol–water partition coefficient (Wildman–Crippen LogP) is 4.90. The van der Waals surface area contributed by atoms with Crippen LogP contribution in [0.1, 0.15) is 45.4 Å². The predicted molar refractivity (Wildman–Crippen MR) is 131 cm³/mol. The minimum Gasteiger partial charge on any atom is -0.491 e. The Morgan fingerprint density at radius 3 is 2.62 bits per heavy atom. The number of nitrogens with zero attached hydrogens (tertiary/aromatic N) is 2. The highest BCUT2D eigenvalue weighted by atomic mass is 32.1. The molecule has 0 aliphatic carbocycles. The van der Waals surface area contributed by atoms with E-state index in [0.717, 1.165) is 34.9 Å². The van der Waals surface area contributed by atoms with Crippen LogP contribution >= 0.6 is 22.7 Å². The monoisotopic (exact) mass is 496 g/mol. The maximum atomic E-state index is 13.0. The molecule has 0 radical (unpaired) electrons. The minimum absolute atomic E-state index is 0.127. The number of hydrogen-bond acceptors (Lipinski definition) is 8.